The van der Waals surface area contributed by atoms with Crippen molar-refractivity contribution in [2.75, 3.05) is 26.3 Å². The number of para-hydroxylation sites is 1. The lowest BCUT2D eigenvalue weighted by molar-refractivity contribution is -0.125. The second-order valence-corrected chi connectivity index (χ2v) is 5.54. The van der Waals surface area contributed by atoms with Crippen molar-refractivity contribution in [3.63, 3.8) is 0 Å². The molecule has 2 aliphatic rings. The van der Waals surface area contributed by atoms with Crippen LogP contribution in [0.3, 0.4) is 0 Å². The van der Waals surface area contributed by atoms with Crippen molar-refractivity contribution in [3.05, 3.63) is 23.8 Å². The Labute approximate surface area is 137 Å². The van der Waals surface area contributed by atoms with Crippen molar-refractivity contribution in [3.8, 4) is 11.5 Å². The number of amides is 1. The highest BCUT2D eigenvalue weighted by Crippen LogP contribution is 2.33. The van der Waals surface area contributed by atoms with Gasteiger partial charge in [0.05, 0.1) is 13.2 Å². The number of hydrogen-bond donors (Lipinski definition) is 2. The molecule has 1 saturated heterocycles. The van der Waals surface area contributed by atoms with Gasteiger partial charge in [-0.3, -0.25) is 4.79 Å². The molecule has 1 amide bonds. The third-order valence-electron chi connectivity index (χ3n) is 4.02. The fourth-order valence-electron chi connectivity index (χ4n) is 2.80. The minimum absolute atomic E-state index is 0. The van der Waals surface area contributed by atoms with E-state index in [1.165, 1.54) is 0 Å². The van der Waals surface area contributed by atoms with E-state index in [1.54, 1.807) is 0 Å². The molecule has 2 N–H and O–H groups in total. The lowest BCUT2D eigenvalue weighted by Crippen LogP contribution is -2.37. The summed E-state index contributed by atoms with van der Waals surface area (Å²) < 4.78 is 11.4. The zero-order valence-corrected chi connectivity index (χ0v) is 13.4. The van der Waals surface area contributed by atoms with Crippen LogP contribution in [-0.2, 0) is 11.3 Å². The molecular weight excluding hydrogens is 304 g/mol. The number of carbonyl (C=O) groups is 1. The molecule has 3 rings (SSSR count). The van der Waals surface area contributed by atoms with Gasteiger partial charge in [-0.1, -0.05) is 12.1 Å². The second kappa shape index (κ2) is 8.25. The van der Waals surface area contributed by atoms with Crippen molar-refractivity contribution in [1.29, 1.82) is 0 Å². The van der Waals surface area contributed by atoms with Gasteiger partial charge in [0.1, 0.15) is 0 Å². The normalized spacial score (nSPS) is 18.0. The molecule has 6 heteroatoms. The smallest absolute Gasteiger partial charge is 0.223 e. The van der Waals surface area contributed by atoms with E-state index in [0.29, 0.717) is 19.8 Å². The Morgan fingerprint density at radius 1 is 1.23 bits per heavy atom. The highest BCUT2D eigenvalue weighted by Gasteiger charge is 2.21. The van der Waals surface area contributed by atoms with Crippen LogP contribution in [0.1, 0.15) is 24.8 Å². The summed E-state index contributed by atoms with van der Waals surface area (Å²) in [6.07, 6.45) is 2.71. The maximum Gasteiger partial charge on any atom is 0.223 e. The average Bonchev–Trinajstić information content (AvgIpc) is 2.79. The Balaban J connectivity index is 0.00000176. The molecule has 0 saturated carbocycles. The van der Waals surface area contributed by atoms with Gasteiger partial charge in [-0.2, -0.15) is 0 Å². The van der Waals surface area contributed by atoms with Crippen LogP contribution in [0.5, 0.6) is 11.5 Å². The average molecular weight is 327 g/mol. The molecule has 0 radical (unpaired) electrons. The first-order valence-corrected chi connectivity index (χ1v) is 7.70. The molecule has 0 aromatic heterocycles. The molecule has 0 atom stereocenters. The highest BCUT2D eigenvalue weighted by molar-refractivity contribution is 5.85. The van der Waals surface area contributed by atoms with Gasteiger partial charge in [0, 0.05) is 24.4 Å². The van der Waals surface area contributed by atoms with E-state index >= 15 is 0 Å². The molecular formula is C16H23ClN2O3. The molecule has 0 spiro atoms. The van der Waals surface area contributed by atoms with E-state index in [4.69, 9.17) is 9.47 Å². The Bertz CT molecular complexity index is 504. The third-order valence-corrected chi connectivity index (χ3v) is 4.02. The number of carbonyl (C=O) groups excluding carboxylic acids is 1. The lowest BCUT2D eigenvalue weighted by atomic mass is 9.97. The van der Waals surface area contributed by atoms with Crippen molar-refractivity contribution in [1.82, 2.24) is 10.6 Å². The Kier molecular flexibility index (Phi) is 6.34. The summed E-state index contributed by atoms with van der Waals surface area (Å²) in [5.41, 5.74) is 0.983. The summed E-state index contributed by atoms with van der Waals surface area (Å²) in [7, 11) is 0. The van der Waals surface area contributed by atoms with E-state index in [0.717, 1.165) is 49.4 Å². The molecule has 0 bridgehead atoms. The Morgan fingerprint density at radius 3 is 2.82 bits per heavy atom. The number of ether oxygens (including phenoxy) is 2. The summed E-state index contributed by atoms with van der Waals surface area (Å²) in [4.78, 5) is 12.2. The van der Waals surface area contributed by atoms with Crippen LogP contribution >= 0.6 is 12.4 Å². The number of rotatable bonds is 3. The number of fused-ring (bicyclic) bond motifs is 1. The minimum atomic E-state index is 0. The van der Waals surface area contributed by atoms with E-state index in [2.05, 4.69) is 10.6 Å². The van der Waals surface area contributed by atoms with E-state index in [9.17, 15) is 4.79 Å². The molecule has 2 heterocycles. The molecule has 5 nitrogen and oxygen atoms in total. The first-order valence-electron chi connectivity index (χ1n) is 7.70. The van der Waals surface area contributed by atoms with Crippen LogP contribution in [0.25, 0.3) is 0 Å². The van der Waals surface area contributed by atoms with Crippen LogP contribution in [0, 0.1) is 5.92 Å². The van der Waals surface area contributed by atoms with Gasteiger partial charge in [0.15, 0.2) is 11.5 Å². The Hall–Kier alpha value is -1.46. The standard InChI is InChI=1S/C16H22N2O3.ClH/c19-16(12-5-7-17-8-6-12)18-11-13-3-1-4-14-15(13)21-10-2-9-20-14;/h1,3-4,12,17H,2,5-11H2,(H,18,19);1H. The number of nitrogens with one attached hydrogen (secondary N) is 2. The van der Waals surface area contributed by atoms with Gasteiger partial charge in [-0.15, -0.1) is 12.4 Å². The van der Waals surface area contributed by atoms with E-state index in [-0.39, 0.29) is 24.2 Å². The van der Waals surface area contributed by atoms with Crippen molar-refractivity contribution < 1.29 is 14.3 Å². The van der Waals surface area contributed by atoms with Gasteiger partial charge in [0.2, 0.25) is 5.91 Å². The molecule has 2 aliphatic heterocycles. The topological polar surface area (TPSA) is 59.6 Å². The maximum absolute atomic E-state index is 12.2. The molecule has 1 fully saturated rings. The molecule has 0 aliphatic carbocycles. The maximum atomic E-state index is 12.2. The monoisotopic (exact) mass is 326 g/mol. The van der Waals surface area contributed by atoms with Crippen molar-refractivity contribution >= 4 is 18.3 Å². The van der Waals surface area contributed by atoms with Crippen LogP contribution in [0.15, 0.2) is 18.2 Å². The molecule has 1 aromatic rings. The zero-order chi connectivity index (χ0) is 14.5. The van der Waals surface area contributed by atoms with Gasteiger partial charge in [-0.05, 0) is 32.0 Å². The van der Waals surface area contributed by atoms with Crippen LogP contribution < -0.4 is 20.1 Å². The molecule has 122 valence electrons. The summed E-state index contributed by atoms with van der Waals surface area (Å²) in [6.45, 7) is 3.69. The summed E-state index contributed by atoms with van der Waals surface area (Å²) in [5.74, 6) is 1.83. The SMILES string of the molecule is Cl.O=C(NCc1cccc2c1OCCCO2)C1CCNCC1. The third kappa shape index (κ3) is 4.05. The largest absolute Gasteiger partial charge is 0.490 e. The highest BCUT2D eigenvalue weighted by atomic mass is 35.5. The quantitative estimate of drug-likeness (QED) is 0.890. The summed E-state index contributed by atoms with van der Waals surface area (Å²) >= 11 is 0. The minimum Gasteiger partial charge on any atom is -0.490 e. The van der Waals surface area contributed by atoms with Crippen LogP contribution in [0.2, 0.25) is 0 Å². The fraction of sp³-hybridized carbons (Fsp3) is 0.562. The molecule has 22 heavy (non-hydrogen) atoms. The Morgan fingerprint density at radius 2 is 2.00 bits per heavy atom. The predicted octanol–water partition coefficient (Wildman–Crippen LogP) is 1.89. The molecule has 1 aromatic carbocycles. The first-order chi connectivity index (χ1) is 10.3. The summed E-state index contributed by atoms with van der Waals surface area (Å²) in [6, 6.07) is 5.84. The van der Waals surface area contributed by atoms with Gasteiger partial charge < -0.3 is 20.1 Å². The lowest BCUT2D eigenvalue weighted by Gasteiger charge is -2.22. The van der Waals surface area contributed by atoms with Crippen LogP contribution in [0.4, 0.5) is 0 Å². The molecule has 0 unspecified atom stereocenters. The first kappa shape index (κ1) is 16.9. The van der Waals surface area contributed by atoms with Crippen LogP contribution in [-0.4, -0.2) is 32.2 Å². The van der Waals surface area contributed by atoms with Crippen molar-refractivity contribution in [2.24, 2.45) is 5.92 Å². The fourth-order valence-corrected chi connectivity index (χ4v) is 2.80. The number of hydrogen-bond acceptors (Lipinski definition) is 4. The van der Waals surface area contributed by atoms with E-state index in [1.807, 2.05) is 18.2 Å². The summed E-state index contributed by atoms with van der Waals surface area (Å²) in [5, 5.41) is 6.31. The van der Waals surface area contributed by atoms with Gasteiger partial charge >= 0.3 is 0 Å². The number of piperidine rings is 1. The zero-order valence-electron chi connectivity index (χ0n) is 12.6. The van der Waals surface area contributed by atoms with Gasteiger partial charge in [0.25, 0.3) is 0 Å². The number of benzene rings is 1. The van der Waals surface area contributed by atoms with E-state index < -0.39 is 0 Å². The van der Waals surface area contributed by atoms with Crippen molar-refractivity contribution in [2.45, 2.75) is 25.8 Å². The second-order valence-electron chi connectivity index (χ2n) is 5.54. The predicted molar refractivity (Wildman–Crippen MR) is 86.7 cm³/mol. The van der Waals surface area contributed by atoms with Gasteiger partial charge in [-0.25, -0.2) is 0 Å². The number of halogens is 1.